The number of ether oxygens (including phenoxy) is 2. The molecule has 2 rings (SSSR count). The van der Waals surface area contributed by atoms with Gasteiger partial charge in [0, 0.05) is 5.02 Å². The van der Waals surface area contributed by atoms with Crippen LogP contribution in [0.25, 0.3) is 0 Å². The maximum absolute atomic E-state index is 11.5. The SMILES string of the molecule is CCOC(=O)[C@@H]1CCc2cc(Cl)ccc2O1. The molecule has 1 aromatic carbocycles. The van der Waals surface area contributed by atoms with Gasteiger partial charge in [0.05, 0.1) is 6.61 Å². The zero-order chi connectivity index (χ0) is 11.5. The first kappa shape index (κ1) is 11.3. The van der Waals surface area contributed by atoms with E-state index in [2.05, 4.69) is 0 Å². The van der Waals surface area contributed by atoms with E-state index in [9.17, 15) is 4.79 Å². The van der Waals surface area contributed by atoms with E-state index in [0.29, 0.717) is 18.1 Å². The van der Waals surface area contributed by atoms with Crippen molar-refractivity contribution in [1.82, 2.24) is 0 Å². The third-order valence-electron chi connectivity index (χ3n) is 2.52. The molecule has 0 spiro atoms. The summed E-state index contributed by atoms with van der Waals surface area (Å²) in [5, 5.41) is 0.692. The van der Waals surface area contributed by atoms with Crippen molar-refractivity contribution in [3.8, 4) is 5.75 Å². The van der Waals surface area contributed by atoms with Crippen LogP contribution in [0.4, 0.5) is 0 Å². The molecule has 0 amide bonds. The largest absolute Gasteiger partial charge is 0.478 e. The molecular weight excluding hydrogens is 228 g/mol. The summed E-state index contributed by atoms with van der Waals surface area (Å²) in [6, 6.07) is 5.43. The Balaban J connectivity index is 2.12. The lowest BCUT2D eigenvalue weighted by molar-refractivity contribution is -0.152. The monoisotopic (exact) mass is 240 g/mol. The van der Waals surface area contributed by atoms with E-state index in [1.807, 2.05) is 6.07 Å². The first-order chi connectivity index (χ1) is 7.70. The summed E-state index contributed by atoms with van der Waals surface area (Å²) < 4.78 is 10.5. The number of carbonyl (C=O) groups excluding carboxylic acids is 1. The minimum absolute atomic E-state index is 0.289. The lowest BCUT2D eigenvalue weighted by Crippen LogP contribution is -2.32. The highest BCUT2D eigenvalue weighted by Crippen LogP contribution is 2.30. The Morgan fingerprint density at radius 1 is 1.62 bits per heavy atom. The molecule has 0 radical (unpaired) electrons. The van der Waals surface area contributed by atoms with Crippen LogP contribution in [0.5, 0.6) is 5.75 Å². The van der Waals surface area contributed by atoms with Gasteiger partial charge in [0.1, 0.15) is 5.75 Å². The predicted octanol–water partition coefficient (Wildman–Crippen LogP) is 2.60. The van der Waals surface area contributed by atoms with Crippen molar-refractivity contribution < 1.29 is 14.3 Å². The van der Waals surface area contributed by atoms with Crippen LogP contribution in [0.1, 0.15) is 18.9 Å². The Bertz CT molecular complexity index is 403. The second kappa shape index (κ2) is 4.74. The zero-order valence-corrected chi connectivity index (χ0v) is 9.79. The Morgan fingerprint density at radius 3 is 3.19 bits per heavy atom. The number of halogens is 1. The number of aryl methyl sites for hydroxylation is 1. The normalized spacial score (nSPS) is 18.5. The highest BCUT2D eigenvalue weighted by atomic mass is 35.5. The number of esters is 1. The van der Waals surface area contributed by atoms with Gasteiger partial charge in [-0.1, -0.05) is 11.6 Å². The number of rotatable bonds is 2. The minimum Gasteiger partial charge on any atom is -0.478 e. The molecule has 1 atom stereocenters. The number of carbonyl (C=O) groups is 1. The van der Waals surface area contributed by atoms with Crippen LogP contribution in [0, 0.1) is 0 Å². The summed E-state index contributed by atoms with van der Waals surface area (Å²) in [5.74, 6) is 0.441. The molecule has 1 aliphatic rings. The molecule has 0 fully saturated rings. The number of hydrogen-bond acceptors (Lipinski definition) is 3. The standard InChI is InChI=1S/C12H13ClO3/c1-2-15-12(14)11-5-3-8-7-9(13)4-6-10(8)16-11/h4,6-7,11H,2-3,5H2,1H3/t11-/m0/s1. The summed E-state index contributed by atoms with van der Waals surface area (Å²) >= 11 is 5.88. The molecule has 1 aliphatic heterocycles. The van der Waals surface area contributed by atoms with Crippen LogP contribution in [-0.4, -0.2) is 18.7 Å². The number of hydrogen-bond donors (Lipinski definition) is 0. The topological polar surface area (TPSA) is 35.5 Å². The van der Waals surface area contributed by atoms with Crippen LogP contribution >= 0.6 is 11.6 Å². The fourth-order valence-corrected chi connectivity index (χ4v) is 1.95. The third-order valence-corrected chi connectivity index (χ3v) is 2.75. The van der Waals surface area contributed by atoms with E-state index < -0.39 is 6.10 Å². The molecule has 0 bridgehead atoms. The first-order valence-electron chi connectivity index (χ1n) is 5.32. The Kier molecular flexibility index (Phi) is 3.34. The van der Waals surface area contributed by atoms with Crippen LogP contribution in [-0.2, 0) is 16.0 Å². The van der Waals surface area contributed by atoms with Crippen molar-refractivity contribution in [2.24, 2.45) is 0 Å². The molecule has 0 aliphatic carbocycles. The van der Waals surface area contributed by atoms with Crippen LogP contribution in [0.2, 0.25) is 5.02 Å². The van der Waals surface area contributed by atoms with Gasteiger partial charge in [0.2, 0.25) is 0 Å². The Labute approximate surface area is 99.3 Å². The van der Waals surface area contributed by atoms with Gasteiger partial charge in [-0.25, -0.2) is 4.79 Å². The molecule has 0 unspecified atom stereocenters. The summed E-state index contributed by atoms with van der Waals surface area (Å²) in [4.78, 5) is 11.5. The van der Waals surface area contributed by atoms with Gasteiger partial charge in [-0.3, -0.25) is 0 Å². The highest BCUT2D eigenvalue weighted by Gasteiger charge is 2.27. The maximum atomic E-state index is 11.5. The predicted molar refractivity (Wildman–Crippen MR) is 60.8 cm³/mol. The van der Waals surface area contributed by atoms with Gasteiger partial charge in [0.25, 0.3) is 0 Å². The summed E-state index contributed by atoms with van der Waals surface area (Å²) in [6.45, 7) is 2.17. The van der Waals surface area contributed by atoms with Gasteiger partial charge in [-0.05, 0) is 43.5 Å². The fraction of sp³-hybridized carbons (Fsp3) is 0.417. The lowest BCUT2D eigenvalue weighted by atomic mass is 10.0. The first-order valence-corrected chi connectivity index (χ1v) is 5.70. The maximum Gasteiger partial charge on any atom is 0.347 e. The molecule has 0 aromatic heterocycles. The van der Waals surface area contributed by atoms with Crippen LogP contribution < -0.4 is 4.74 Å². The summed E-state index contributed by atoms with van der Waals surface area (Å²) in [7, 11) is 0. The van der Waals surface area contributed by atoms with Crippen molar-refractivity contribution in [1.29, 1.82) is 0 Å². The third kappa shape index (κ3) is 2.30. The van der Waals surface area contributed by atoms with Crippen molar-refractivity contribution in [2.75, 3.05) is 6.61 Å². The molecule has 1 aromatic rings. The second-order valence-corrected chi connectivity index (χ2v) is 4.09. The van der Waals surface area contributed by atoms with Crippen LogP contribution in [0.3, 0.4) is 0 Å². The molecule has 1 heterocycles. The molecule has 3 nitrogen and oxygen atoms in total. The van der Waals surface area contributed by atoms with E-state index in [1.54, 1.807) is 19.1 Å². The molecular formula is C12H13ClO3. The van der Waals surface area contributed by atoms with Gasteiger partial charge >= 0.3 is 5.97 Å². The van der Waals surface area contributed by atoms with Gasteiger partial charge < -0.3 is 9.47 Å². The highest BCUT2D eigenvalue weighted by molar-refractivity contribution is 6.30. The second-order valence-electron chi connectivity index (χ2n) is 3.65. The minimum atomic E-state index is -0.478. The average molecular weight is 241 g/mol. The molecule has 0 saturated carbocycles. The van der Waals surface area contributed by atoms with Crippen molar-refractivity contribution >= 4 is 17.6 Å². The van der Waals surface area contributed by atoms with E-state index in [-0.39, 0.29) is 5.97 Å². The molecule has 0 saturated heterocycles. The van der Waals surface area contributed by atoms with Crippen molar-refractivity contribution in [3.05, 3.63) is 28.8 Å². The van der Waals surface area contributed by atoms with Gasteiger partial charge in [-0.15, -0.1) is 0 Å². The summed E-state index contributed by atoms with van der Waals surface area (Å²) in [5.41, 5.74) is 1.05. The molecule has 86 valence electrons. The van der Waals surface area contributed by atoms with Crippen molar-refractivity contribution in [3.63, 3.8) is 0 Å². The number of benzene rings is 1. The van der Waals surface area contributed by atoms with Gasteiger partial charge in [0.15, 0.2) is 6.10 Å². The Morgan fingerprint density at radius 2 is 2.44 bits per heavy atom. The molecule has 0 N–H and O–H groups in total. The molecule has 16 heavy (non-hydrogen) atoms. The van der Waals surface area contributed by atoms with E-state index >= 15 is 0 Å². The number of fused-ring (bicyclic) bond motifs is 1. The Hall–Kier alpha value is -1.22. The average Bonchev–Trinajstić information content (AvgIpc) is 2.28. The fourth-order valence-electron chi connectivity index (χ4n) is 1.76. The van der Waals surface area contributed by atoms with E-state index in [0.717, 1.165) is 17.7 Å². The van der Waals surface area contributed by atoms with E-state index in [4.69, 9.17) is 21.1 Å². The summed E-state index contributed by atoms with van der Waals surface area (Å²) in [6.07, 6.45) is 0.958. The quantitative estimate of drug-likeness (QED) is 0.746. The van der Waals surface area contributed by atoms with Gasteiger partial charge in [-0.2, -0.15) is 0 Å². The molecule has 4 heteroatoms. The van der Waals surface area contributed by atoms with E-state index in [1.165, 1.54) is 0 Å². The lowest BCUT2D eigenvalue weighted by Gasteiger charge is -2.24. The zero-order valence-electron chi connectivity index (χ0n) is 9.03. The van der Waals surface area contributed by atoms with Crippen molar-refractivity contribution in [2.45, 2.75) is 25.9 Å². The smallest absolute Gasteiger partial charge is 0.347 e. The van der Waals surface area contributed by atoms with Crippen LogP contribution in [0.15, 0.2) is 18.2 Å².